The van der Waals surface area contributed by atoms with Crippen LogP contribution >= 0.6 is 0 Å². The van der Waals surface area contributed by atoms with Gasteiger partial charge in [-0.3, -0.25) is 24.6 Å². The van der Waals surface area contributed by atoms with Crippen molar-refractivity contribution in [1.29, 1.82) is 0 Å². The Bertz CT molecular complexity index is 1030. The van der Waals surface area contributed by atoms with Crippen LogP contribution < -0.4 is 15.5 Å². The average molecular weight is 468 g/mol. The van der Waals surface area contributed by atoms with Gasteiger partial charge in [-0.05, 0) is 55.7 Å². The van der Waals surface area contributed by atoms with Crippen molar-refractivity contribution in [3.63, 3.8) is 0 Å². The van der Waals surface area contributed by atoms with Crippen LogP contribution in [-0.4, -0.2) is 67.6 Å². The number of hydrogen-bond acceptors (Lipinski definition) is 7. The number of nitro benzene ring substituents is 1. The van der Waals surface area contributed by atoms with Gasteiger partial charge < -0.3 is 20.3 Å². The van der Waals surface area contributed by atoms with Crippen molar-refractivity contribution in [2.24, 2.45) is 0 Å². The Morgan fingerprint density at radius 3 is 2.21 bits per heavy atom. The van der Waals surface area contributed by atoms with Gasteiger partial charge in [-0.15, -0.1) is 0 Å². The Morgan fingerprint density at radius 2 is 1.56 bits per heavy atom. The van der Waals surface area contributed by atoms with Gasteiger partial charge in [0.05, 0.1) is 24.7 Å². The third-order valence-electron chi connectivity index (χ3n) is 6.03. The first-order chi connectivity index (χ1) is 16.5. The Balaban J connectivity index is 1.37. The summed E-state index contributed by atoms with van der Waals surface area (Å²) in [6.07, 6.45) is 3.13. The SMILES string of the molecule is O=C(CN1CCOCC1)Nc1ccc(NC(=O)c2ccc(N3CCCCC3)c([N+](=O)[O-])c2)cc1. The average Bonchev–Trinajstić information content (AvgIpc) is 2.86. The molecule has 0 aromatic heterocycles. The minimum atomic E-state index is -0.435. The summed E-state index contributed by atoms with van der Waals surface area (Å²) in [7, 11) is 0. The first-order valence-electron chi connectivity index (χ1n) is 11.5. The van der Waals surface area contributed by atoms with E-state index in [1.165, 1.54) is 6.07 Å². The first-order valence-corrected chi connectivity index (χ1v) is 11.5. The molecule has 34 heavy (non-hydrogen) atoms. The van der Waals surface area contributed by atoms with Gasteiger partial charge in [0, 0.05) is 49.2 Å². The van der Waals surface area contributed by atoms with Crippen molar-refractivity contribution < 1.29 is 19.2 Å². The number of anilines is 3. The van der Waals surface area contributed by atoms with E-state index < -0.39 is 10.8 Å². The number of benzene rings is 2. The summed E-state index contributed by atoms with van der Waals surface area (Å²) in [5, 5.41) is 17.3. The molecule has 180 valence electrons. The normalized spacial score (nSPS) is 16.6. The molecule has 10 heteroatoms. The van der Waals surface area contributed by atoms with Crippen LogP contribution in [0.5, 0.6) is 0 Å². The van der Waals surface area contributed by atoms with Crippen molar-refractivity contribution in [3.05, 3.63) is 58.1 Å². The van der Waals surface area contributed by atoms with Crippen LogP contribution in [0.25, 0.3) is 0 Å². The topological polar surface area (TPSA) is 117 Å². The molecular formula is C24H29N5O5. The van der Waals surface area contributed by atoms with Crippen LogP contribution in [0.15, 0.2) is 42.5 Å². The van der Waals surface area contributed by atoms with Crippen molar-refractivity contribution in [2.45, 2.75) is 19.3 Å². The molecule has 2 saturated heterocycles. The molecule has 10 nitrogen and oxygen atoms in total. The van der Waals surface area contributed by atoms with Crippen molar-refractivity contribution in [2.75, 3.05) is 61.5 Å². The van der Waals surface area contributed by atoms with Crippen molar-refractivity contribution in [1.82, 2.24) is 4.90 Å². The smallest absolute Gasteiger partial charge is 0.293 e. The molecule has 2 N–H and O–H groups in total. The molecule has 0 atom stereocenters. The predicted molar refractivity (Wildman–Crippen MR) is 129 cm³/mol. The number of hydrogen-bond donors (Lipinski definition) is 2. The number of morpholine rings is 1. The third-order valence-corrected chi connectivity index (χ3v) is 6.03. The zero-order valence-electron chi connectivity index (χ0n) is 19.0. The van der Waals surface area contributed by atoms with Crippen LogP contribution in [0.2, 0.25) is 0 Å². The monoisotopic (exact) mass is 467 g/mol. The van der Waals surface area contributed by atoms with E-state index in [9.17, 15) is 19.7 Å². The Morgan fingerprint density at radius 1 is 0.912 bits per heavy atom. The van der Waals surface area contributed by atoms with Crippen LogP contribution in [0.1, 0.15) is 29.6 Å². The van der Waals surface area contributed by atoms with Crippen LogP contribution in [-0.2, 0) is 9.53 Å². The number of carbonyl (C=O) groups is 2. The molecule has 0 bridgehead atoms. The Kier molecular flexibility index (Phi) is 7.71. The van der Waals surface area contributed by atoms with Crippen LogP contribution in [0.4, 0.5) is 22.7 Å². The number of amides is 2. The van der Waals surface area contributed by atoms with E-state index in [2.05, 4.69) is 10.6 Å². The maximum atomic E-state index is 12.7. The maximum Gasteiger partial charge on any atom is 0.293 e. The lowest BCUT2D eigenvalue weighted by Crippen LogP contribution is -2.41. The highest BCUT2D eigenvalue weighted by Crippen LogP contribution is 2.31. The molecule has 2 amide bonds. The fourth-order valence-corrected chi connectivity index (χ4v) is 4.22. The predicted octanol–water partition coefficient (Wildman–Crippen LogP) is 3.11. The highest BCUT2D eigenvalue weighted by molar-refractivity contribution is 6.05. The van der Waals surface area contributed by atoms with Gasteiger partial charge in [-0.1, -0.05) is 0 Å². The molecule has 2 aromatic rings. The summed E-state index contributed by atoms with van der Waals surface area (Å²) in [6.45, 7) is 4.58. The van der Waals surface area contributed by atoms with Crippen LogP contribution in [0.3, 0.4) is 0 Å². The summed E-state index contributed by atoms with van der Waals surface area (Å²) in [5.74, 6) is -0.544. The van der Waals surface area contributed by atoms with Gasteiger partial charge in [-0.25, -0.2) is 0 Å². The number of carbonyl (C=O) groups excluding carboxylic acids is 2. The largest absolute Gasteiger partial charge is 0.379 e. The lowest BCUT2D eigenvalue weighted by molar-refractivity contribution is -0.384. The van der Waals surface area contributed by atoms with E-state index in [0.717, 1.165) is 45.4 Å². The fourth-order valence-electron chi connectivity index (χ4n) is 4.22. The number of ether oxygens (including phenoxy) is 1. The van der Waals surface area contributed by atoms with Gasteiger partial charge in [0.25, 0.3) is 11.6 Å². The summed E-state index contributed by atoms with van der Waals surface area (Å²) in [6, 6.07) is 11.4. The number of nitrogens with zero attached hydrogens (tertiary/aromatic N) is 3. The van der Waals surface area contributed by atoms with Crippen LogP contribution in [0, 0.1) is 10.1 Å². The van der Waals surface area contributed by atoms with E-state index in [4.69, 9.17) is 4.74 Å². The summed E-state index contributed by atoms with van der Waals surface area (Å²) < 4.78 is 5.28. The molecule has 2 aromatic carbocycles. The molecule has 4 rings (SSSR count). The van der Waals surface area contributed by atoms with Gasteiger partial charge in [0.1, 0.15) is 5.69 Å². The van der Waals surface area contributed by atoms with Gasteiger partial charge in [-0.2, -0.15) is 0 Å². The maximum absolute atomic E-state index is 12.7. The highest BCUT2D eigenvalue weighted by atomic mass is 16.6. The second kappa shape index (κ2) is 11.1. The molecule has 2 fully saturated rings. The quantitative estimate of drug-likeness (QED) is 0.475. The number of rotatable bonds is 7. The summed E-state index contributed by atoms with van der Waals surface area (Å²) in [4.78, 5) is 40.2. The molecule has 0 aliphatic carbocycles. The van der Waals surface area contributed by atoms with E-state index in [1.54, 1.807) is 36.4 Å². The summed E-state index contributed by atoms with van der Waals surface area (Å²) >= 11 is 0. The molecule has 0 saturated carbocycles. The van der Waals surface area contributed by atoms with Gasteiger partial charge in [0.15, 0.2) is 0 Å². The molecule has 0 unspecified atom stereocenters. The standard InChI is InChI=1S/C24H29N5O5/c30-23(17-27-12-14-34-15-13-27)25-19-5-7-20(8-6-19)26-24(31)18-4-9-21(22(16-18)29(32)33)28-10-2-1-3-11-28/h4-9,16H,1-3,10-15,17H2,(H,25,30)(H,26,31). The molecular weight excluding hydrogens is 438 g/mol. The second-order valence-corrected chi connectivity index (χ2v) is 8.48. The third kappa shape index (κ3) is 6.09. The number of nitrogens with one attached hydrogen (secondary N) is 2. The van der Waals surface area contributed by atoms with Crippen molar-refractivity contribution in [3.8, 4) is 0 Å². The zero-order valence-corrected chi connectivity index (χ0v) is 19.0. The minimum Gasteiger partial charge on any atom is -0.379 e. The Hall–Kier alpha value is -3.50. The first kappa shape index (κ1) is 23.7. The molecule has 0 radical (unpaired) electrons. The highest BCUT2D eigenvalue weighted by Gasteiger charge is 2.23. The van der Waals surface area contributed by atoms with E-state index in [1.807, 2.05) is 9.80 Å². The van der Waals surface area contributed by atoms with Crippen molar-refractivity contribution >= 4 is 34.6 Å². The zero-order chi connectivity index (χ0) is 23.9. The summed E-state index contributed by atoms with van der Waals surface area (Å²) in [5.41, 5.74) is 1.86. The molecule has 2 aliphatic heterocycles. The number of piperidine rings is 1. The fraction of sp³-hybridized carbons (Fsp3) is 0.417. The van der Waals surface area contributed by atoms with E-state index >= 15 is 0 Å². The minimum absolute atomic E-state index is 0.0621. The molecule has 2 heterocycles. The van der Waals surface area contributed by atoms with E-state index in [-0.39, 0.29) is 17.2 Å². The lowest BCUT2D eigenvalue weighted by Gasteiger charge is -2.28. The lowest BCUT2D eigenvalue weighted by atomic mass is 10.1. The van der Waals surface area contributed by atoms with Gasteiger partial charge >= 0.3 is 0 Å². The van der Waals surface area contributed by atoms with Gasteiger partial charge in [0.2, 0.25) is 5.91 Å². The number of nitro groups is 1. The molecule has 0 spiro atoms. The Labute approximate surface area is 198 Å². The second-order valence-electron chi connectivity index (χ2n) is 8.48. The van der Waals surface area contributed by atoms with E-state index in [0.29, 0.717) is 36.8 Å². The molecule has 2 aliphatic rings.